The van der Waals surface area contributed by atoms with E-state index >= 15 is 0 Å². The minimum absolute atomic E-state index is 0.0763. The zero-order valence-electron chi connectivity index (χ0n) is 10.5. The number of nitro benzene ring substituents is 1. The Morgan fingerprint density at radius 2 is 2.10 bits per heavy atom. The minimum atomic E-state index is -0.482. The first-order valence-electron chi connectivity index (χ1n) is 5.65. The lowest BCUT2D eigenvalue weighted by molar-refractivity contribution is -0.386. The first kappa shape index (κ1) is 14.6. The average molecular weight is 313 g/mol. The molecule has 0 aliphatic heterocycles. The number of hydrogen-bond donors (Lipinski definition) is 0. The van der Waals surface area contributed by atoms with Gasteiger partial charge in [-0.1, -0.05) is 29.3 Å². The number of rotatable bonds is 4. The Hall–Kier alpha value is -1.85. The van der Waals surface area contributed by atoms with Crippen molar-refractivity contribution in [1.82, 2.24) is 4.98 Å². The van der Waals surface area contributed by atoms with E-state index in [0.29, 0.717) is 10.6 Å². The summed E-state index contributed by atoms with van der Waals surface area (Å²) < 4.78 is 5.45. The molecule has 2 rings (SSSR count). The predicted molar refractivity (Wildman–Crippen MR) is 76.4 cm³/mol. The Labute approximate surface area is 125 Å². The molecule has 0 bridgehead atoms. The van der Waals surface area contributed by atoms with E-state index in [1.54, 1.807) is 19.1 Å². The van der Waals surface area contributed by atoms with E-state index in [0.717, 1.165) is 5.56 Å². The van der Waals surface area contributed by atoms with Crippen LogP contribution in [0.3, 0.4) is 0 Å². The number of aryl methyl sites for hydroxylation is 1. The SMILES string of the molecule is Cc1ccc(OCc2cnc(Cl)cc2Cl)c([N+](=O)[O-])c1. The Morgan fingerprint density at radius 3 is 2.75 bits per heavy atom. The van der Waals surface area contributed by atoms with E-state index in [2.05, 4.69) is 4.98 Å². The summed E-state index contributed by atoms with van der Waals surface area (Å²) in [6.45, 7) is 1.85. The number of hydrogen-bond acceptors (Lipinski definition) is 4. The van der Waals surface area contributed by atoms with Gasteiger partial charge in [0.15, 0.2) is 5.75 Å². The van der Waals surface area contributed by atoms with Crippen LogP contribution in [0.1, 0.15) is 11.1 Å². The summed E-state index contributed by atoms with van der Waals surface area (Å²) in [5.74, 6) is 0.187. The maximum Gasteiger partial charge on any atom is 0.311 e. The van der Waals surface area contributed by atoms with Crippen LogP contribution in [0.15, 0.2) is 30.5 Å². The highest BCUT2D eigenvalue weighted by Crippen LogP contribution is 2.29. The first-order valence-corrected chi connectivity index (χ1v) is 6.40. The summed E-state index contributed by atoms with van der Waals surface area (Å²) in [5, 5.41) is 11.6. The van der Waals surface area contributed by atoms with Gasteiger partial charge < -0.3 is 4.74 Å². The van der Waals surface area contributed by atoms with Crippen molar-refractivity contribution in [2.24, 2.45) is 0 Å². The fourth-order valence-corrected chi connectivity index (χ4v) is 2.01. The van der Waals surface area contributed by atoms with E-state index in [9.17, 15) is 10.1 Å². The van der Waals surface area contributed by atoms with Crippen molar-refractivity contribution < 1.29 is 9.66 Å². The topological polar surface area (TPSA) is 65.3 Å². The zero-order valence-corrected chi connectivity index (χ0v) is 12.0. The smallest absolute Gasteiger partial charge is 0.311 e. The van der Waals surface area contributed by atoms with Gasteiger partial charge in [0.1, 0.15) is 11.8 Å². The van der Waals surface area contributed by atoms with Crippen LogP contribution in [0.4, 0.5) is 5.69 Å². The van der Waals surface area contributed by atoms with Crippen molar-refractivity contribution >= 4 is 28.9 Å². The second-order valence-electron chi connectivity index (χ2n) is 4.12. The van der Waals surface area contributed by atoms with Crippen molar-refractivity contribution in [2.45, 2.75) is 13.5 Å². The lowest BCUT2D eigenvalue weighted by atomic mass is 10.2. The third kappa shape index (κ3) is 3.37. The summed E-state index contributed by atoms with van der Waals surface area (Å²) in [7, 11) is 0. The fourth-order valence-electron chi connectivity index (χ4n) is 1.59. The van der Waals surface area contributed by atoms with Gasteiger partial charge >= 0.3 is 5.69 Å². The van der Waals surface area contributed by atoms with Crippen LogP contribution >= 0.6 is 23.2 Å². The number of aromatic nitrogens is 1. The van der Waals surface area contributed by atoms with Crippen LogP contribution in [-0.4, -0.2) is 9.91 Å². The molecule has 104 valence electrons. The molecule has 1 heterocycles. The van der Waals surface area contributed by atoms with Crippen molar-refractivity contribution in [1.29, 1.82) is 0 Å². The minimum Gasteiger partial charge on any atom is -0.482 e. The normalized spacial score (nSPS) is 10.3. The number of benzene rings is 1. The number of ether oxygens (including phenoxy) is 1. The lowest BCUT2D eigenvalue weighted by Crippen LogP contribution is -2.00. The van der Waals surface area contributed by atoms with E-state index in [-0.39, 0.29) is 23.2 Å². The number of halogens is 2. The molecule has 1 aromatic heterocycles. The van der Waals surface area contributed by atoms with Crippen LogP contribution < -0.4 is 4.74 Å². The zero-order chi connectivity index (χ0) is 14.7. The number of pyridine rings is 1. The molecule has 0 aliphatic carbocycles. The van der Waals surface area contributed by atoms with Crippen LogP contribution in [-0.2, 0) is 6.61 Å². The van der Waals surface area contributed by atoms with Crippen molar-refractivity contribution in [2.75, 3.05) is 0 Å². The lowest BCUT2D eigenvalue weighted by Gasteiger charge is -2.08. The molecule has 7 heteroatoms. The maximum absolute atomic E-state index is 11.0. The van der Waals surface area contributed by atoms with Crippen molar-refractivity contribution in [3.8, 4) is 5.75 Å². The van der Waals surface area contributed by atoms with Gasteiger partial charge in [0.25, 0.3) is 0 Å². The van der Waals surface area contributed by atoms with Crippen LogP contribution in [0, 0.1) is 17.0 Å². The molecular formula is C13H10Cl2N2O3. The van der Waals surface area contributed by atoms with Gasteiger partial charge in [0.05, 0.1) is 9.95 Å². The molecule has 0 fully saturated rings. The molecule has 0 atom stereocenters. The van der Waals surface area contributed by atoms with E-state index in [4.69, 9.17) is 27.9 Å². The van der Waals surface area contributed by atoms with Gasteiger partial charge in [-0.2, -0.15) is 0 Å². The van der Waals surface area contributed by atoms with Gasteiger partial charge in [-0.3, -0.25) is 10.1 Å². The molecular weight excluding hydrogens is 303 g/mol. The largest absolute Gasteiger partial charge is 0.482 e. The van der Waals surface area contributed by atoms with Gasteiger partial charge in [-0.15, -0.1) is 0 Å². The predicted octanol–water partition coefficient (Wildman–Crippen LogP) is 4.18. The average Bonchev–Trinajstić information content (AvgIpc) is 2.38. The highest BCUT2D eigenvalue weighted by Gasteiger charge is 2.15. The molecule has 0 saturated heterocycles. The summed E-state index contributed by atoms with van der Waals surface area (Å²) in [4.78, 5) is 14.4. The Morgan fingerprint density at radius 1 is 1.35 bits per heavy atom. The first-order chi connectivity index (χ1) is 9.47. The second kappa shape index (κ2) is 6.07. The molecule has 0 aliphatic rings. The highest BCUT2D eigenvalue weighted by molar-refractivity contribution is 6.34. The fraction of sp³-hybridized carbons (Fsp3) is 0.154. The molecule has 1 aromatic carbocycles. The van der Waals surface area contributed by atoms with Crippen molar-refractivity contribution in [3.05, 3.63) is 61.9 Å². The molecule has 0 spiro atoms. The monoisotopic (exact) mass is 312 g/mol. The quantitative estimate of drug-likeness (QED) is 0.482. The Kier molecular flexibility index (Phi) is 4.42. The third-order valence-electron chi connectivity index (χ3n) is 2.59. The third-order valence-corrected chi connectivity index (χ3v) is 3.15. The number of nitrogens with zero attached hydrogens (tertiary/aromatic N) is 2. The second-order valence-corrected chi connectivity index (χ2v) is 4.91. The van der Waals surface area contributed by atoms with Crippen LogP contribution in [0.2, 0.25) is 10.2 Å². The maximum atomic E-state index is 11.0. The summed E-state index contributed by atoms with van der Waals surface area (Å²) >= 11 is 11.7. The molecule has 0 amide bonds. The summed E-state index contributed by atoms with van der Waals surface area (Å²) in [6.07, 6.45) is 1.48. The van der Waals surface area contributed by atoms with Gasteiger partial charge in [-0.05, 0) is 24.6 Å². The number of nitro groups is 1. The molecule has 0 unspecified atom stereocenters. The van der Waals surface area contributed by atoms with Crippen LogP contribution in [0.5, 0.6) is 5.75 Å². The van der Waals surface area contributed by atoms with Crippen molar-refractivity contribution in [3.63, 3.8) is 0 Å². The summed E-state index contributed by atoms with van der Waals surface area (Å²) in [6, 6.07) is 6.25. The van der Waals surface area contributed by atoms with E-state index in [1.165, 1.54) is 18.3 Å². The standard InChI is InChI=1S/C13H10Cl2N2O3/c1-8-2-3-12(11(4-8)17(18)19)20-7-9-6-16-13(15)5-10(9)14/h2-6H,7H2,1H3. The molecule has 20 heavy (non-hydrogen) atoms. The van der Waals surface area contributed by atoms with E-state index in [1.807, 2.05) is 0 Å². The molecule has 0 radical (unpaired) electrons. The summed E-state index contributed by atoms with van der Waals surface area (Å²) in [5.41, 5.74) is 1.31. The Bertz CT molecular complexity index is 662. The van der Waals surface area contributed by atoms with Gasteiger partial charge in [0, 0.05) is 17.8 Å². The van der Waals surface area contributed by atoms with Gasteiger partial charge in [-0.25, -0.2) is 4.98 Å². The molecule has 5 nitrogen and oxygen atoms in total. The van der Waals surface area contributed by atoms with E-state index < -0.39 is 4.92 Å². The molecule has 2 aromatic rings. The Balaban J connectivity index is 2.20. The van der Waals surface area contributed by atoms with Crippen LogP contribution in [0.25, 0.3) is 0 Å². The van der Waals surface area contributed by atoms with Gasteiger partial charge in [0.2, 0.25) is 0 Å². The highest BCUT2D eigenvalue weighted by atomic mass is 35.5. The molecule has 0 saturated carbocycles. The molecule has 0 N–H and O–H groups in total.